The monoisotopic (exact) mass is 374 g/mol. The molecule has 0 unspecified atom stereocenters. The first-order valence-corrected chi connectivity index (χ1v) is 9.70. The number of carbonyl (C=O) groups excluding carboxylic acids is 2. The predicted molar refractivity (Wildman–Crippen MR) is 100 cm³/mol. The number of hydrogen-bond acceptors (Lipinski definition) is 3. The molecule has 138 valence electrons. The van der Waals surface area contributed by atoms with E-state index in [2.05, 4.69) is 0 Å². The topological polar surface area (TPSA) is 49.9 Å². The van der Waals surface area contributed by atoms with Gasteiger partial charge in [0.05, 0.1) is 5.57 Å². The van der Waals surface area contributed by atoms with Crippen molar-refractivity contribution in [1.82, 2.24) is 9.80 Å². The molecule has 0 aromatic heterocycles. The third kappa shape index (κ3) is 3.45. The van der Waals surface area contributed by atoms with Crippen molar-refractivity contribution in [3.05, 3.63) is 34.4 Å². The van der Waals surface area contributed by atoms with Crippen molar-refractivity contribution in [3.63, 3.8) is 0 Å². The van der Waals surface area contributed by atoms with Crippen LogP contribution in [0, 0.1) is 5.92 Å². The van der Waals surface area contributed by atoms with E-state index in [1.807, 2.05) is 28.0 Å². The van der Waals surface area contributed by atoms with Crippen molar-refractivity contribution in [2.45, 2.75) is 25.7 Å². The summed E-state index contributed by atoms with van der Waals surface area (Å²) >= 11 is 6.04. The normalized spacial score (nSPS) is 20.4. The summed E-state index contributed by atoms with van der Waals surface area (Å²) in [4.78, 5) is 29.2. The van der Waals surface area contributed by atoms with Crippen molar-refractivity contribution in [2.24, 2.45) is 5.92 Å². The summed E-state index contributed by atoms with van der Waals surface area (Å²) in [6, 6.07) is 5.42. The lowest BCUT2D eigenvalue weighted by Gasteiger charge is -2.34. The molecule has 2 amide bonds. The number of nitrogens with zero attached hydrogens (tertiary/aromatic N) is 2. The van der Waals surface area contributed by atoms with Gasteiger partial charge in [0.2, 0.25) is 5.91 Å². The van der Waals surface area contributed by atoms with Crippen molar-refractivity contribution >= 4 is 29.5 Å². The number of hydrogen-bond donors (Lipinski definition) is 0. The van der Waals surface area contributed by atoms with Crippen LogP contribution in [0.25, 0.3) is 6.08 Å². The molecule has 0 spiro atoms. The molecule has 0 N–H and O–H groups in total. The molecule has 0 atom stereocenters. The Morgan fingerprint density at radius 1 is 1.04 bits per heavy atom. The zero-order valence-electron chi connectivity index (χ0n) is 14.7. The van der Waals surface area contributed by atoms with Gasteiger partial charge in [0.1, 0.15) is 12.4 Å². The van der Waals surface area contributed by atoms with E-state index in [-0.39, 0.29) is 24.3 Å². The van der Waals surface area contributed by atoms with Gasteiger partial charge in [-0.25, -0.2) is 0 Å². The molecule has 0 bridgehead atoms. The highest BCUT2D eigenvalue weighted by molar-refractivity contribution is 6.30. The van der Waals surface area contributed by atoms with Gasteiger partial charge in [-0.05, 0) is 50.0 Å². The largest absolute Gasteiger partial charge is 0.488 e. The summed E-state index contributed by atoms with van der Waals surface area (Å²) in [5.74, 6) is 1.09. The Labute approximate surface area is 158 Å². The van der Waals surface area contributed by atoms with Crippen molar-refractivity contribution in [1.29, 1.82) is 0 Å². The van der Waals surface area contributed by atoms with Crippen LogP contribution in [0.1, 0.15) is 31.2 Å². The van der Waals surface area contributed by atoms with Gasteiger partial charge in [0.15, 0.2) is 0 Å². The van der Waals surface area contributed by atoms with E-state index in [1.54, 1.807) is 6.07 Å². The second kappa shape index (κ2) is 7.31. The Morgan fingerprint density at radius 3 is 2.50 bits per heavy atom. The summed E-state index contributed by atoms with van der Waals surface area (Å²) < 4.78 is 5.69. The molecule has 2 fully saturated rings. The molecule has 3 heterocycles. The maximum absolute atomic E-state index is 12.8. The average molecular weight is 375 g/mol. The van der Waals surface area contributed by atoms with Gasteiger partial charge in [-0.3, -0.25) is 9.59 Å². The van der Waals surface area contributed by atoms with Gasteiger partial charge in [0.25, 0.3) is 5.91 Å². The molecule has 4 rings (SSSR count). The molecule has 0 aliphatic carbocycles. The minimum atomic E-state index is 0.00250. The Balaban J connectivity index is 1.38. The van der Waals surface area contributed by atoms with Gasteiger partial charge in [0, 0.05) is 42.7 Å². The first-order valence-electron chi connectivity index (χ1n) is 9.33. The predicted octanol–water partition coefficient (Wildman–Crippen LogP) is 2.98. The van der Waals surface area contributed by atoms with Crippen LogP contribution in [0.2, 0.25) is 5.02 Å². The van der Waals surface area contributed by atoms with Crippen LogP contribution < -0.4 is 4.74 Å². The molecule has 3 aliphatic heterocycles. The third-order valence-corrected chi connectivity index (χ3v) is 5.74. The van der Waals surface area contributed by atoms with Crippen LogP contribution in [-0.4, -0.2) is 54.4 Å². The minimum absolute atomic E-state index is 0.00250. The van der Waals surface area contributed by atoms with Gasteiger partial charge in [-0.15, -0.1) is 0 Å². The number of benzene rings is 1. The van der Waals surface area contributed by atoms with Crippen molar-refractivity contribution < 1.29 is 14.3 Å². The molecule has 2 saturated heterocycles. The van der Waals surface area contributed by atoms with Gasteiger partial charge in [-0.1, -0.05) is 11.6 Å². The number of halogens is 1. The smallest absolute Gasteiger partial charge is 0.253 e. The fourth-order valence-electron chi connectivity index (χ4n) is 4.00. The second-order valence-corrected chi connectivity index (χ2v) is 7.68. The number of fused-ring (bicyclic) bond motifs is 1. The molecule has 26 heavy (non-hydrogen) atoms. The summed E-state index contributed by atoms with van der Waals surface area (Å²) in [5.41, 5.74) is 1.48. The zero-order chi connectivity index (χ0) is 18.1. The Bertz CT molecular complexity index is 747. The Kier molecular flexibility index (Phi) is 4.90. The Morgan fingerprint density at radius 2 is 1.77 bits per heavy atom. The summed E-state index contributed by atoms with van der Waals surface area (Å²) in [6.07, 6.45) is 5.59. The highest BCUT2D eigenvalue weighted by Crippen LogP contribution is 2.30. The highest BCUT2D eigenvalue weighted by Gasteiger charge is 2.32. The number of piperidine rings is 1. The zero-order valence-corrected chi connectivity index (χ0v) is 15.5. The van der Waals surface area contributed by atoms with E-state index in [4.69, 9.17) is 16.3 Å². The van der Waals surface area contributed by atoms with Crippen molar-refractivity contribution in [2.75, 3.05) is 32.8 Å². The molecule has 5 nitrogen and oxygen atoms in total. The molecule has 1 aromatic carbocycles. The number of carbonyl (C=O) groups is 2. The number of amides is 2. The van der Waals surface area contributed by atoms with E-state index < -0.39 is 0 Å². The second-order valence-electron chi connectivity index (χ2n) is 7.24. The van der Waals surface area contributed by atoms with Crippen LogP contribution in [0.5, 0.6) is 5.75 Å². The van der Waals surface area contributed by atoms with E-state index in [0.717, 1.165) is 50.1 Å². The molecule has 3 aliphatic rings. The van der Waals surface area contributed by atoms with E-state index >= 15 is 0 Å². The van der Waals surface area contributed by atoms with Gasteiger partial charge >= 0.3 is 0 Å². The SMILES string of the molecule is O=C(C1=Cc2cc(Cl)ccc2OC1)N1CCC(C(=O)N2CCCC2)CC1. The number of likely N-dealkylation sites (tertiary alicyclic amines) is 2. The van der Waals surface area contributed by atoms with Gasteiger partial charge < -0.3 is 14.5 Å². The van der Waals surface area contributed by atoms with Crippen LogP contribution >= 0.6 is 11.6 Å². The summed E-state index contributed by atoms with van der Waals surface area (Å²) in [5, 5.41) is 0.624. The van der Waals surface area contributed by atoms with E-state index in [9.17, 15) is 9.59 Å². The number of ether oxygens (including phenoxy) is 1. The summed E-state index contributed by atoms with van der Waals surface area (Å²) in [7, 11) is 0. The van der Waals surface area contributed by atoms with Crippen LogP contribution in [0.4, 0.5) is 0 Å². The van der Waals surface area contributed by atoms with Crippen LogP contribution in [0.3, 0.4) is 0 Å². The quantitative estimate of drug-likeness (QED) is 0.799. The van der Waals surface area contributed by atoms with Gasteiger partial charge in [-0.2, -0.15) is 0 Å². The lowest BCUT2D eigenvalue weighted by molar-refractivity contribution is -0.138. The molecular formula is C20H23ClN2O3. The minimum Gasteiger partial charge on any atom is -0.488 e. The fraction of sp³-hybridized carbons (Fsp3) is 0.500. The van der Waals surface area contributed by atoms with Crippen LogP contribution in [-0.2, 0) is 9.59 Å². The lowest BCUT2D eigenvalue weighted by atomic mass is 9.94. The molecule has 0 saturated carbocycles. The maximum Gasteiger partial charge on any atom is 0.253 e. The maximum atomic E-state index is 12.8. The first-order chi connectivity index (χ1) is 12.6. The van der Waals surface area contributed by atoms with Crippen molar-refractivity contribution in [3.8, 4) is 5.75 Å². The fourth-order valence-corrected chi connectivity index (χ4v) is 4.18. The molecule has 1 aromatic rings. The van der Waals surface area contributed by atoms with Crippen LogP contribution in [0.15, 0.2) is 23.8 Å². The molecular weight excluding hydrogens is 352 g/mol. The third-order valence-electron chi connectivity index (χ3n) is 5.51. The number of rotatable bonds is 2. The highest BCUT2D eigenvalue weighted by atomic mass is 35.5. The molecule has 6 heteroatoms. The summed E-state index contributed by atoms with van der Waals surface area (Å²) in [6.45, 7) is 3.32. The standard InChI is InChI=1S/C20H23ClN2O3/c21-17-3-4-18-15(12-17)11-16(13-26-18)20(25)23-9-5-14(6-10-23)19(24)22-7-1-2-8-22/h3-4,11-12,14H,1-2,5-10,13H2. The average Bonchev–Trinajstić information content (AvgIpc) is 3.21. The van der Waals surface area contributed by atoms with E-state index in [1.165, 1.54) is 0 Å². The molecule has 0 radical (unpaired) electrons. The lowest BCUT2D eigenvalue weighted by Crippen LogP contribution is -2.44. The van der Waals surface area contributed by atoms with E-state index in [0.29, 0.717) is 23.7 Å². The Hall–Kier alpha value is -2.01. The first kappa shape index (κ1) is 17.4.